The van der Waals surface area contributed by atoms with Crippen molar-refractivity contribution >= 4 is 18.0 Å². The van der Waals surface area contributed by atoms with E-state index in [0.29, 0.717) is 5.56 Å². The molecule has 0 unspecified atom stereocenters. The number of carbonyl (C=O) groups excluding carboxylic acids is 1. The first-order chi connectivity index (χ1) is 11.4. The molecule has 2 rings (SSSR count). The smallest absolute Gasteiger partial charge is 0.354 e. The van der Waals surface area contributed by atoms with Gasteiger partial charge < -0.3 is 20.1 Å². The molecular formula is C17H11NO6. The quantitative estimate of drug-likeness (QED) is 0.340. The number of phenolic OH excluding ortho intramolecular Hbond substituents is 1. The van der Waals surface area contributed by atoms with Crippen molar-refractivity contribution in [3.8, 4) is 23.3 Å². The maximum Gasteiger partial charge on any atom is 0.354 e. The van der Waals surface area contributed by atoms with Crippen molar-refractivity contribution in [2.75, 3.05) is 0 Å². The minimum absolute atomic E-state index is 0.0403. The van der Waals surface area contributed by atoms with E-state index in [4.69, 9.17) is 15.1 Å². The van der Waals surface area contributed by atoms with E-state index in [1.807, 2.05) is 0 Å². The highest BCUT2D eigenvalue weighted by Gasteiger charge is 2.15. The Labute approximate surface area is 136 Å². The zero-order chi connectivity index (χ0) is 17.7. The molecule has 0 heterocycles. The highest BCUT2D eigenvalue weighted by atomic mass is 16.5. The Hall–Kier alpha value is -3.79. The number of esters is 1. The van der Waals surface area contributed by atoms with E-state index in [1.54, 1.807) is 6.07 Å². The molecule has 0 bridgehead atoms. The van der Waals surface area contributed by atoms with Crippen molar-refractivity contribution < 1.29 is 29.6 Å². The van der Waals surface area contributed by atoms with Crippen LogP contribution in [0.3, 0.4) is 0 Å². The first-order valence-electron chi connectivity index (χ1n) is 6.60. The minimum atomic E-state index is -1.38. The summed E-state index contributed by atoms with van der Waals surface area (Å²) in [6, 6.07) is 10.7. The number of carboxylic acid groups (broad SMARTS) is 1. The van der Waals surface area contributed by atoms with Gasteiger partial charge in [0.15, 0.2) is 0 Å². The third-order valence-electron chi connectivity index (χ3n) is 2.95. The first-order valence-corrected chi connectivity index (χ1v) is 6.60. The van der Waals surface area contributed by atoms with Crippen LogP contribution in [0, 0.1) is 11.3 Å². The predicted molar refractivity (Wildman–Crippen MR) is 82.4 cm³/mol. The van der Waals surface area contributed by atoms with E-state index in [0.717, 1.165) is 12.1 Å². The van der Waals surface area contributed by atoms with Crippen LogP contribution in [0.2, 0.25) is 0 Å². The van der Waals surface area contributed by atoms with Crippen LogP contribution in [0.25, 0.3) is 6.08 Å². The Morgan fingerprint density at radius 3 is 2.33 bits per heavy atom. The summed E-state index contributed by atoms with van der Waals surface area (Å²) in [5, 5.41) is 36.6. The molecule has 7 nitrogen and oxygen atoms in total. The van der Waals surface area contributed by atoms with Crippen LogP contribution in [-0.4, -0.2) is 27.3 Å². The fraction of sp³-hybridized carbons (Fsp3) is 0. The van der Waals surface area contributed by atoms with E-state index < -0.39 is 23.3 Å². The highest BCUT2D eigenvalue weighted by Crippen LogP contribution is 2.24. The summed E-state index contributed by atoms with van der Waals surface area (Å²) in [6.45, 7) is 0. The number of nitrogens with zero attached hydrogens (tertiary/aromatic N) is 1. The summed E-state index contributed by atoms with van der Waals surface area (Å²) in [7, 11) is 0. The van der Waals surface area contributed by atoms with E-state index in [2.05, 4.69) is 0 Å². The second-order valence-electron chi connectivity index (χ2n) is 4.63. The van der Waals surface area contributed by atoms with Crippen molar-refractivity contribution in [3.05, 3.63) is 59.2 Å². The Morgan fingerprint density at radius 1 is 1.08 bits per heavy atom. The number of carboxylic acids is 1. The van der Waals surface area contributed by atoms with Crippen LogP contribution in [0.4, 0.5) is 0 Å². The summed E-state index contributed by atoms with van der Waals surface area (Å²) >= 11 is 0. The highest BCUT2D eigenvalue weighted by molar-refractivity contribution is 5.99. The molecule has 2 aromatic carbocycles. The number of carbonyl (C=O) groups is 2. The normalized spacial score (nSPS) is 10.7. The van der Waals surface area contributed by atoms with Gasteiger partial charge in [0.25, 0.3) is 0 Å². The van der Waals surface area contributed by atoms with Crippen molar-refractivity contribution in [2.45, 2.75) is 0 Å². The second-order valence-corrected chi connectivity index (χ2v) is 4.63. The van der Waals surface area contributed by atoms with Gasteiger partial charge in [0, 0.05) is 0 Å². The number of nitriles is 1. The Balaban J connectivity index is 2.24. The largest absolute Gasteiger partial charge is 0.508 e. The maximum absolute atomic E-state index is 12.0. The van der Waals surface area contributed by atoms with Crippen LogP contribution in [0.1, 0.15) is 15.9 Å². The zero-order valence-corrected chi connectivity index (χ0v) is 12.1. The van der Waals surface area contributed by atoms with Crippen LogP contribution >= 0.6 is 0 Å². The van der Waals surface area contributed by atoms with Crippen molar-refractivity contribution in [2.24, 2.45) is 0 Å². The molecule has 0 amide bonds. The fourth-order valence-corrected chi connectivity index (χ4v) is 1.79. The summed E-state index contributed by atoms with van der Waals surface area (Å²) in [5.74, 6) is -2.92. The summed E-state index contributed by atoms with van der Waals surface area (Å²) in [5.41, 5.74) is -0.245. The molecule has 3 N–H and O–H groups in total. The van der Waals surface area contributed by atoms with Gasteiger partial charge in [0.05, 0.1) is 0 Å². The van der Waals surface area contributed by atoms with Crippen LogP contribution in [0.5, 0.6) is 17.2 Å². The number of ether oxygens (including phenoxy) is 1. The number of phenols is 2. The van der Waals surface area contributed by atoms with E-state index >= 15 is 0 Å². The molecule has 0 spiro atoms. The van der Waals surface area contributed by atoms with Gasteiger partial charge in [-0.2, -0.15) is 5.26 Å². The van der Waals surface area contributed by atoms with E-state index in [1.165, 1.54) is 36.4 Å². The number of aromatic carboxylic acids is 1. The lowest BCUT2D eigenvalue weighted by Crippen LogP contribution is -2.10. The number of hydrogen-bond acceptors (Lipinski definition) is 6. The van der Waals surface area contributed by atoms with Gasteiger partial charge in [-0.1, -0.05) is 12.1 Å². The lowest BCUT2D eigenvalue weighted by atomic mass is 10.1. The number of rotatable bonds is 4. The third-order valence-corrected chi connectivity index (χ3v) is 2.95. The second kappa shape index (κ2) is 6.98. The predicted octanol–water partition coefficient (Wildman–Crippen LogP) is 2.31. The van der Waals surface area contributed by atoms with Gasteiger partial charge in [-0.05, 0) is 42.0 Å². The van der Waals surface area contributed by atoms with Gasteiger partial charge in [0.1, 0.15) is 34.5 Å². The first kappa shape index (κ1) is 16.6. The molecule has 0 atom stereocenters. The molecule has 7 heteroatoms. The standard InChI is InChI=1S/C17H11NO6/c18-9-11(7-10-1-3-12(19)4-2-10)17(23)24-13-5-6-15(20)14(8-13)16(21)22/h1-8,19-20H,(H,21,22). The van der Waals surface area contributed by atoms with Crippen LogP contribution < -0.4 is 4.74 Å². The molecule has 0 fully saturated rings. The molecule has 0 aromatic heterocycles. The number of benzene rings is 2. The molecule has 0 saturated heterocycles. The Morgan fingerprint density at radius 2 is 1.75 bits per heavy atom. The summed E-state index contributed by atoms with van der Waals surface area (Å²) < 4.78 is 4.96. The van der Waals surface area contributed by atoms with Crippen molar-refractivity contribution in [3.63, 3.8) is 0 Å². The molecular weight excluding hydrogens is 314 g/mol. The van der Waals surface area contributed by atoms with Crippen LogP contribution in [-0.2, 0) is 4.79 Å². The van der Waals surface area contributed by atoms with E-state index in [9.17, 15) is 19.8 Å². The van der Waals surface area contributed by atoms with E-state index in [-0.39, 0.29) is 17.1 Å². The lowest BCUT2D eigenvalue weighted by Gasteiger charge is -2.06. The van der Waals surface area contributed by atoms with Gasteiger partial charge >= 0.3 is 11.9 Å². The SMILES string of the molecule is N#CC(=Cc1ccc(O)cc1)C(=O)Oc1ccc(O)c(C(=O)O)c1. The third kappa shape index (κ3) is 3.90. The average molecular weight is 325 g/mol. The number of hydrogen-bond donors (Lipinski definition) is 3. The van der Waals surface area contributed by atoms with Gasteiger partial charge in [-0.25, -0.2) is 9.59 Å². The van der Waals surface area contributed by atoms with Crippen molar-refractivity contribution in [1.29, 1.82) is 5.26 Å². The summed E-state index contributed by atoms with van der Waals surface area (Å²) in [4.78, 5) is 22.9. The topological polar surface area (TPSA) is 128 Å². The van der Waals surface area contributed by atoms with Gasteiger partial charge in [0.2, 0.25) is 0 Å². The number of aromatic hydroxyl groups is 2. The molecule has 24 heavy (non-hydrogen) atoms. The van der Waals surface area contributed by atoms with Crippen molar-refractivity contribution in [1.82, 2.24) is 0 Å². The Bertz CT molecular complexity index is 862. The molecule has 2 aromatic rings. The maximum atomic E-state index is 12.0. The monoisotopic (exact) mass is 325 g/mol. The van der Waals surface area contributed by atoms with Gasteiger partial charge in [-0.15, -0.1) is 0 Å². The average Bonchev–Trinajstić information content (AvgIpc) is 2.55. The van der Waals surface area contributed by atoms with Gasteiger partial charge in [-0.3, -0.25) is 0 Å². The molecule has 0 saturated carbocycles. The van der Waals surface area contributed by atoms with Crippen LogP contribution in [0.15, 0.2) is 48.0 Å². The lowest BCUT2D eigenvalue weighted by molar-refractivity contribution is -0.129. The minimum Gasteiger partial charge on any atom is -0.508 e. The molecule has 0 aliphatic heterocycles. The summed E-state index contributed by atoms with van der Waals surface area (Å²) in [6.07, 6.45) is 1.26. The fourth-order valence-electron chi connectivity index (χ4n) is 1.79. The molecule has 0 radical (unpaired) electrons. The molecule has 0 aliphatic carbocycles. The molecule has 120 valence electrons. The Kier molecular flexibility index (Phi) is 4.82. The zero-order valence-electron chi connectivity index (χ0n) is 12.1. The molecule has 0 aliphatic rings.